The van der Waals surface area contributed by atoms with Gasteiger partial charge in [-0.3, -0.25) is 9.97 Å². The van der Waals surface area contributed by atoms with Gasteiger partial charge in [0.25, 0.3) is 0 Å². The maximum Gasteiger partial charge on any atom is 0.130 e. The summed E-state index contributed by atoms with van der Waals surface area (Å²) in [7, 11) is 0. The van der Waals surface area contributed by atoms with Crippen molar-refractivity contribution < 1.29 is 0 Å². The highest BCUT2D eigenvalue weighted by atomic mass is 15.0. The van der Waals surface area contributed by atoms with Gasteiger partial charge in [-0.05, 0) is 49.9 Å². The zero-order chi connectivity index (χ0) is 19.5. The Hall–Kier alpha value is -3.47. The molecule has 3 heterocycles. The number of aryl methyl sites for hydroxylation is 1. The fraction of sp³-hybridized carbons (Fsp3) is 0.174. The van der Waals surface area contributed by atoms with Crippen molar-refractivity contribution in [2.75, 3.05) is 10.6 Å². The van der Waals surface area contributed by atoms with Gasteiger partial charge in [-0.1, -0.05) is 19.2 Å². The highest BCUT2D eigenvalue weighted by molar-refractivity contribution is 5.85. The minimum atomic E-state index is 0.577. The summed E-state index contributed by atoms with van der Waals surface area (Å²) in [5.74, 6) is 1.36. The third kappa shape index (κ3) is 4.09. The van der Waals surface area contributed by atoms with Crippen LogP contribution in [0.5, 0.6) is 0 Å². The van der Waals surface area contributed by atoms with Crippen LogP contribution in [0.25, 0.3) is 16.8 Å². The first kappa shape index (κ1) is 17.9. The zero-order valence-corrected chi connectivity index (χ0v) is 15.9. The normalized spacial score (nSPS) is 13.0. The summed E-state index contributed by atoms with van der Waals surface area (Å²) in [5, 5.41) is 6.70. The van der Waals surface area contributed by atoms with Crippen LogP contribution in [0.2, 0.25) is 0 Å². The molecule has 1 aliphatic carbocycles. The van der Waals surface area contributed by atoms with Gasteiger partial charge in [-0.15, -0.1) is 0 Å². The summed E-state index contributed by atoms with van der Waals surface area (Å²) < 4.78 is 0. The monoisotopic (exact) mass is 369 g/mol. The number of aromatic nitrogens is 3. The van der Waals surface area contributed by atoms with E-state index >= 15 is 0 Å². The van der Waals surface area contributed by atoms with Crippen LogP contribution in [0.15, 0.2) is 74.0 Å². The van der Waals surface area contributed by atoms with Crippen molar-refractivity contribution in [2.45, 2.75) is 19.8 Å². The molecule has 1 saturated carbocycles. The van der Waals surface area contributed by atoms with E-state index < -0.39 is 0 Å². The van der Waals surface area contributed by atoms with Gasteiger partial charge < -0.3 is 10.6 Å². The lowest BCUT2D eigenvalue weighted by molar-refractivity contribution is 1.01. The molecule has 3 aromatic rings. The van der Waals surface area contributed by atoms with E-state index in [1.807, 2.05) is 37.4 Å². The van der Waals surface area contributed by atoms with Crippen LogP contribution < -0.4 is 10.6 Å². The molecule has 0 bridgehead atoms. The van der Waals surface area contributed by atoms with E-state index in [-0.39, 0.29) is 0 Å². The van der Waals surface area contributed by atoms with Crippen molar-refractivity contribution in [2.24, 2.45) is 5.92 Å². The van der Waals surface area contributed by atoms with Crippen LogP contribution in [-0.4, -0.2) is 15.0 Å². The summed E-state index contributed by atoms with van der Waals surface area (Å²) in [4.78, 5) is 13.0. The van der Waals surface area contributed by atoms with Gasteiger partial charge in [0.1, 0.15) is 5.82 Å². The third-order valence-electron chi connectivity index (χ3n) is 4.80. The Morgan fingerprint density at radius 3 is 2.61 bits per heavy atom. The van der Waals surface area contributed by atoms with Gasteiger partial charge >= 0.3 is 0 Å². The number of rotatable bonds is 7. The summed E-state index contributed by atoms with van der Waals surface area (Å²) in [5.41, 5.74) is 6.69. The molecule has 0 aliphatic heterocycles. The van der Waals surface area contributed by atoms with E-state index in [1.54, 1.807) is 18.6 Å². The van der Waals surface area contributed by atoms with E-state index in [2.05, 4.69) is 44.8 Å². The van der Waals surface area contributed by atoms with Gasteiger partial charge in [0.05, 0.1) is 11.9 Å². The Kier molecular flexibility index (Phi) is 4.89. The smallest absolute Gasteiger partial charge is 0.130 e. The number of anilines is 2. The van der Waals surface area contributed by atoms with E-state index in [4.69, 9.17) is 0 Å². The zero-order valence-electron chi connectivity index (χ0n) is 15.9. The second-order valence-corrected chi connectivity index (χ2v) is 7.07. The topological polar surface area (TPSA) is 62.7 Å². The van der Waals surface area contributed by atoms with Crippen LogP contribution in [-0.2, 0) is 0 Å². The van der Waals surface area contributed by atoms with E-state index in [1.165, 1.54) is 12.8 Å². The minimum Gasteiger partial charge on any atom is -0.354 e. The first-order valence-corrected chi connectivity index (χ1v) is 9.35. The van der Waals surface area contributed by atoms with Crippen LogP contribution >= 0.6 is 0 Å². The number of hydrogen-bond donors (Lipinski definition) is 2. The van der Waals surface area contributed by atoms with Gasteiger partial charge in [0.15, 0.2) is 0 Å². The molecular formula is C23H23N5. The van der Waals surface area contributed by atoms with Crippen LogP contribution in [0, 0.1) is 12.8 Å². The Bertz CT molecular complexity index is 1020. The Morgan fingerprint density at radius 2 is 1.86 bits per heavy atom. The molecule has 4 rings (SSSR count). The van der Waals surface area contributed by atoms with Crippen molar-refractivity contribution in [3.8, 4) is 11.1 Å². The predicted octanol–water partition coefficient (Wildman–Crippen LogP) is 5.27. The molecule has 0 atom stereocenters. The molecule has 3 aromatic heterocycles. The predicted molar refractivity (Wildman–Crippen MR) is 115 cm³/mol. The van der Waals surface area contributed by atoms with Gasteiger partial charge in [-0.2, -0.15) is 0 Å². The molecule has 0 aromatic carbocycles. The molecular weight excluding hydrogens is 346 g/mol. The molecule has 28 heavy (non-hydrogen) atoms. The molecule has 2 N–H and O–H groups in total. The molecule has 0 saturated heterocycles. The average Bonchev–Trinajstić information content (AvgIpc) is 3.55. The number of nitrogens with zero attached hydrogens (tertiary/aromatic N) is 3. The van der Waals surface area contributed by atoms with Crippen molar-refractivity contribution in [1.82, 2.24) is 15.0 Å². The lowest BCUT2D eigenvalue weighted by Crippen LogP contribution is -2.04. The summed E-state index contributed by atoms with van der Waals surface area (Å²) in [6.07, 6.45) is 9.64. The SMILES string of the molecule is C=C(Nc1cnccc1-c1ccc(C)nc1)c1ccnc(NC(=C)C2CC2)c1. The van der Waals surface area contributed by atoms with Gasteiger partial charge in [0, 0.05) is 52.4 Å². The molecule has 0 unspecified atom stereocenters. The van der Waals surface area contributed by atoms with Crippen molar-refractivity contribution in [3.63, 3.8) is 0 Å². The number of hydrogen-bond acceptors (Lipinski definition) is 5. The Balaban J connectivity index is 1.54. The number of nitrogens with one attached hydrogen (secondary N) is 2. The molecule has 140 valence electrons. The molecule has 1 fully saturated rings. The van der Waals surface area contributed by atoms with Crippen molar-refractivity contribution in [1.29, 1.82) is 0 Å². The molecule has 5 nitrogen and oxygen atoms in total. The molecule has 5 heteroatoms. The lowest BCUT2D eigenvalue weighted by Gasteiger charge is -2.15. The van der Waals surface area contributed by atoms with Gasteiger partial charge in [0.2, 0.25) is 0 Å². The van der Waals surface area contributed by atoms with E-state index in [0.29, 0.717) is 5.92 Å². The maximum atomic E-state index is 4.40. The average molecular weight is 369 g/mol. The fourth-order valence-corrected chi connectivity index (χ4v) is 2.99. The first-order chi connectivity index (χ1) is 13.6. The molecule has 0 amide bonds. The largest absolute Gasteiger partial charge is 0.354 e. The third-order valence-corrected chi connectivity index (χ3v) is 4.80. The quantitative estimate of drug-likeness (QED) is 0.594. The second kappa shape index (κ2) is 7.64. The molecule has 0 spiro atoms. The van der Waals surface area contributed by atoms with Crippen LogP contribution in [0.4, 0.5) is 11.5 Å². The molecule has 1 aliphatic rings. The highest BCUT2D eigenvalue weighted by Gasteiger charge is 2.24. The standard InChI is InChI=1S/C23H23N5/c1-15-4-5-20(13-26-15)21-9-10-24-14-22(21)27-17(3)19-8-11-25-23(12-19)28-16(2)18-6-7-18/h4-5,8-14,18,27H,2-3,6-7H2,1H3,(H,25,28). The Labute approximate surface area is 165 Å². The number of pyridine rings is 3. The molecule has 0 radical (unpaired) electrons. The Morgan fingerprint density at radius 1 is 1.00 bits per heavy atom. The van der Waals surface area contributed by atoms with E-state index in [0.717, 1.165) is 45.3 Å². The summed E-state index contributed by atoms with van der Waals surface area (Å²) >= 11 is 0. The first-order valence-electron chi connectivity index (χ1n) is 9.35. The van der Waals surface area contributed by atoms with Crippen LogP contribution in [0.1, 0.15) is 24.1 Å². The van der Waals surface area contributed by atoms with E-state index in [9.17, 15) is 0 Å². The maximum absolute atomic E-state index is 4.40. The fourth-order valence-electron chi connectivity index (χ4n) is 2.99. The summed E-state index contributed by atoms with van der Waals surface area (Å²) in [6.45, 7) is 10.3. The van der Waals surface area contributed by atoms with Crippen molar-refractivity contribution >= 4 is 17.2 Å². The number of allylic oxidation sites excluding steroid dienone is 1. The summed E-state index contributed by atoms with van der Waals surface area (Å²) in [6, 6.07) is 9.95. The highest BCUT2D eigenvalue weighted by Crippen LogP contribution is 2.36. The van der Waals surface area contributed by atoms with Crippen molar-refractivity contribution in [3.05, 3.63) is 85.2 Å². The minimum absolute atomic E-state index is 0.577. The van der Waals surface area contributed by atoms with Gasteiger partial charge in [-0.25, -0.2) is 4.98 Å². The van der Waals surface area contributed by atoms with Crippen LogP contribution in [0.3, 0.4) is 0 Å². The second-order valence-electron chi connectivity index (χ2n) is 7.07. The lowest BCUT2D eigenvalue weighted by atomic mass is 10.1.